The number of anilines is 1. The highest BCUT2D eigenvalue weighted by Gasteiger charge is 2.22. The summed E-state index contributed by atoms with van der Waals surface area (Å²) in [5.74, 6) is 0.228. The molecule has 4 nitrogen and oxygen atoms in total. The average Bonchev–Trinajstić information content (AvgIpc) is 2.89. The molecule has 21 heavy (non-hydrogen) atoms. The van der Waals surface area contributed by atoms with Gasteiger partial charge in [0.2, 0.25) is 0 Å². The highest BCUT2D eigenvalue weighted by Crippen LogP contribution is 2.35. The lowest BCUT2D eigenvalue weighted by Crippen LogP contribution is -2.18. The van der Waals surface area contributed by atoms with Gasteiger partial charge < -0.3 is 15.7 Å². The van der Waals surface area contributed by atoms with Gasteiger partial charge in [-0.3, -0.25) is 4.79 Å². The number of nitrogens with one attached hydrogen (secondary N) is 2. The molecular weight excluding hydrogens is 264 g/mol. The van der Waals surface area contributed by atoms with Crippen LogP contribution in [0.1, 0.15) is 33.9 Å². The van der Waals surface area contributed by atoms with Gasteiger partial charge in [0, 0.05) is 18.3 Å². The number of aromatic hydroxyl groups is 1. The molecule has 108 valence electrons. The topological polar surface area (TPSA) is 61.4 Å². The molecule has 0 saturated heterocycles. The first-order chi connectivity index (χ1) is 10.2. The first kappa shape index (κ1) is 13.5. The number of fused-ring (bicyclic) bond motifs is 1. The van der Waals surface area contributed by atoms with Gasteiger partial charge in [-0.15, -0.1) is 0 Å². The Bertz CT molecular complexity index is 682. The van der Waals surface area contributed by atoms with Crippen molar-refractivity contribution in [2.24, 2.45) is 0 Å². The lowest BCUT2D eigenvalue weighted by molar-refractivity contribution is 0.0963. The second-order valence-corrected chi connectivity index (χ2v) is 5.28. The van der Waals surface area contributed by atoms with Crippen LogP contribution >= 0.6 is 0 Å². The van der Waals surface area contributed by atoms with Crippen LogP contribution in [-0.4, -0.2) is 18.1 Å². The molecule has 0 radical (unpaired) electrons. The predicted octanol–water partition coefficient (Wildman–Crippen LogP) is 2.85. The van der Waals surface area contributed by atoms with Crippen LogP contribution in [0, 0.1) is 0 Å². The van der Waals surface area contributed by atoms with E-state index in [1.165, 1.54) is 11.1 Å². The van der Waals surface area contributed by atoms with Gasteiger partial charge >= 0.3 is 0 Å². The minimum atomic E-state index is -0.0876. The van der Waals surface area contributed by atoms with Crippen LogP contribution in [0.2, 0.25) is 0 Å². The van der Waals surface area contributed by atoms with Crippen LogP contribution in [0.25, 0.3) is 0 Å². The van der Waals surface area contributed by atoms with Crippen LogP contribution in [0.3, 0.4) is 0 Å². The molecule has 0 aromatic heterocycles. The number of amides is 1. The molecular formula is C17H18N2O2. The number of carbonyl (C=O) groups is 1. The zero-order valence-electron chi connectivity index (χ0n) is 11.9. The molecule has 0 saturated carbocycles. The molecule has 2 aromatic carbocycles. The summed E-state index contributed by atoms with van der Waals surface area (Å²) in [5.41, 5.74) is 3.99. The van der Waals surface area contributed by atoms with Gasteiger partial charge in [-0.1, -0.05) is 12.1 Å². The van der Waals surface area contributed by atoms with Crippen molar-refractivity contribution >= 4 is 11.6 Å². The van der Waals surface area contributed by atoms with Gasteiger partial charge in [-0.2, -0.15) is 0 Å². The lowest BCUT2D eigenvalue weighted by atomic mass is 10.1. The largest absolute Gasteiger partial charge is 0.508 e. The minimum absolute atomic E-state index is 0.0876. The molecule has 1 amide bonds. The molecule has 1 atom stereocenters. The Hall–Kier alpha value is -2.49. The van der Waals surface area contributed by atoms with Gasteiger partial charge in [-0.25, -0.2) is 0 Å². The summed E-state index contributed by atoms with van der Waals surface area (Å²) >= 11 is 0. The molecule has 1 unspecified atom stereocenters. The van der Waals surface area contributed by atoms with Crippen LogP contribution in [0.15, 0.2) is 42.5 Å². The SMILES string of the molecule is CNC(=O)c1cccc(NC2CCc3cc(O)ccc32)c1. The summed E-state index contributed by atoms with van der Waals surface area (Å²) in [6.07, 6.45) is 1.94. The number of carbonyl (C=O) groups excluding carboxylic acids is 1. The molecule has 0 bridgehead atoms. The summed E-state index contributed by atoms with van der Waals surface area (Å²) in [5, 5.41) is 15.6. The zero-order chi connectivity index (χ0) is 14.8. The maximum atomic E-state index is 11.7. The summed E-state index contributed by atoms with van der Waals surface area (Å²) in [4.78, 5) is 11.7. The van der Waals surface area contributed by atoms with E-state index in [1.54, 1.807) is 19.2 Å². The molecule has 3 rings (SSSR count). The second kappa shape index (κ2) is 5.48. The molecule has 0 heterocycles. The van der Waals surface area contributed by atoms with Crippen LogP contribution in [-0.2, 0) is 6.42 Å². The number of phenolic OH excluding ortho intramolecular Hbond substituents is 1. The molecule has 2 aromatic rings. The quantitative estimate of drug-likeness (QED) is 0.811. The normalized spacial score (nSPS) is 16.3. The van der Waals surface area contributed by atoms with Crippen molar-refractivity contribution in [1.29, 1.82) is 0 Å². The Labute approximate surface area is 123 Å². The van der Waals surface area contributed by atoms with Crippen molar-refractivity contribution in [1.82, 2.24) is 5.32 Å². The highest BCUT2D eigenvalue weighted by atomic mass is 16.3. The first-order valence-corrected chi connectivity index (χ1v) is 7.08. The summed E-state index contributed by atoms with van der Waals surface area (Å²) in [7, 11) is 1.63. The standard InChI is InChI=1S/C17H18N2O2/c1-18-17(21)12-3-2-4-13(9-12)19-16-8-5-11-10-14(20)6-7-15(11)16/h2-4,6-7,9-10,16,19-20H,5,8H2,1H3,(H,18,21). The Morgan fingerprint density at radius 3 is 2.90 bits per heavy atom. The number of hydrogen-bond acceptors (Lipinski definition) is 3. The Morgan fingerprint density at radius 2 is 2.10 bits per heavy atom. The molecule has 3 N–H and O–H groups in total. The zero-order valence-corrected chi connectivity index (χ0v) is 11.9. The number of rotatable bonds is 3. The Kier molecular flexibility index (Phi) is 3.52. The first-order valence-electron chi connectivity index (χ1n) is 7.08. The van der Waals surface area contributed by atoms with Crippen molar-refractivity contribution in [2.45, 2.75) is 18.9 Å². The Morgan fingerprint density at radius 1 is 1.24 bits per heavy atom. The van der Waals surface area contributed by atoms with Gasteiger partial charge in [0.05, 0.1) is 6.04 Å². The molecule has 4 heteroatoms. The van der Waals surface area contributed by atoms with Gasteiger partial charge in [0.15, 0.2) is 0 Å². The number of hydrogen-bond donors (Lipinski definition) is 3. The van der Waals surface area contributed by atoms with E-state index >= 15 is 0 Å². The van der Waals surface area contributed by atoms with Gasteiger partial charge in [-0.05, 0) is 54.3 Å². The highest BCUT2D eigenvalue weighted by molar-refractivity contribution is 5.94. The second-order valence-electron chi connectivity index (χ2n) is 5.28. The molecule has 0 fully saturated rings. The third-order valence-electron chi connectivity index (χ3n) is 3.90. The minimum Gasteiger partial charge on any atom is -0.508 e. The molecule has 0 spiro atoms. The monoisotopic (exact) mass is 282 g/mol. The number of benzene rings is 2. The van der Waals surface area contributed by atoms with E-state index in [4.69, 9.17) is 0 Å². The molecule has 1 aliphatic rings. The van der Waals surface area contributed by atoms with Crippen LogP contribution in [0.4, 0.5) is 5.69 Å². The Balaban J connectivity index is 1.81. The van der Waals surface area contributed by atoms with Crippen molar-refractivity contribution < 1.29 is 9.90 Å². The number of aryl methyl sites for hydroxylation is 1. The van der Waals surface area contributed by atoms with Crippen molar-refractivity contribution in [3.8, 4) is 5.75 Å². The van der Waals surface area contributed by atoms with E-state index in [-0.39, 0.29) is 11.9 Å². The fraction of sp³-hybridized carbons (Fsp3) is 0.235. The summed E-state index contributed by atoms with van der Waals surface area (Å²) in [6, 6.07) is 13.2. The third kappa shape index (κ3) is 2.70. The van der Waals surface area contributed by atoms with Crippen molar-refractivity contribution in [3.63, 3.8) is 0 Å². The maximum Gasteiger partial charge on any atom is 0.251 e. The summed E-state index contributed by atoms with van der Waals surface area (Å²) < 4.78 is 0. The fourth-order valence-corrected chi connectivity index (χ4v) is 2.85. The molecule has 0 aliphatic heterocycles. The van der Waals surface area contributed by atoms with E-state index in [1.807, 2.05) is 30.3 Å². The summed E-state index contributed by atoms with van der Waals surface area (Å²) in [6.45, 7) is 0. The number of phenols is 1. The van der Waals surface area contributed by atoms with E-state index in [2.05, 4.69) is 10.6 Å². The average molecular weight is 282 g/mol. The van der Waals surface area contributed by atoms with Crippen molar-refractivity contribution in [3.05, 3.63) is 59.2 Å². The maximum absolute atomic E-state index is 11.7. The third-order valence-corrected chi connectivity index (χ3v) is 3.90. The van der Waals surface area contributed by atoms with Crippen LogP contribution < -0.4 is 10.6 Å². The van der Waals surface area contributed by atoms with Gasteiger partial charge in [0.1, 0.15) is 5.75 Å². The van der Waals surface area contributed by atoms with E-state index < -0.39 is 0 Å². The van der Waals surface area contributed by atoms with E-state index in [9.17, 15) is 9.90 Å². The van der Waals surface area contributed by atoms with Crippen molar-refractivity contribution in [2.75, 3.05) is 12.4 Å². The van der Waals surface area contributed by atoms with Crippen LogP contribution in [0.5, 0.6) is 5.75 Å². The fourth-order valence-electron chi connectivity index (χ4n) is 2.85. The molecule has 1 aliphatic carbocycles. The lowest BCUT2D eigenvalue weighted by Gasteiger charge is -2.16. The van der Waals surface area contributed by atoms with E-state index in [0.717, 1.165) is 18.5 Å². The predicted molar refractivity (Wildman–Crippen MR) is 82.6 cm³/mol. The van der Waals surface area contributed by atoms with Gasteiger partial charge in [0.25, 0.3) is 5.91 Å². The van der Waals surface area contributed by atoms with E-state index in [0.29, 0.717) is 11.3 Å². The smallest absolute Gasteiger partial charge is 0.251 e.